The molecule has 0 aliphatic rings. The number of rotatable bonds is 6. The lowest BCUT2D eigenvalue weighted by atomic mass is 9.97. The van der Waals surface area contributed by atoms with Crippen LogP contribution in [0.15, 0.2) is 30.3 Å². The molecule has 0 aliphatic heterocycles. The Bertz CT molecular complexity index is 372. The van der Waals surface area contributed by atoms with Crippen molar-refractivity contribution in [3.05, 3.63) is 35.9 Å². The van der Waals surface area contributed by atoms with E-state index in [1.165, 1.54) is 0 Å². The lowest BCUT2D eigenvalue weighted by Crippen LogP contribution is -2.22. The first-order valence-corrected chi connectivity index (χ1v) is 5.55. The van der Waals surface area contributed by atoms with E-state index in [0.29, 0.717) is 12.8 Å². The predicted octanol–water partition coefficient (Wildman–Crippen LogP) is 1.88. The molecule has 1 rings (SSSR count). The van der Waals surface area contributed by atoms with Crippen LogP contribution in [0.2, 0.25) is 0 Å². The molecule has 0 bridgehead atoms. The van der Waals surface area contributed by atoms with E-state index in [1.54, 1.807) is 0 Å². The van der Waals surface area contributed by atoms with Crippen molar-refractivity contribution in [2.24, 2.45) is 5.92 Å². The fourth-order valence-electron chi connectivity index (χ4n) is 1.54. The molecule has 1 N–H and O–H groups in total. The average molecular weight is 236 g/mol. The fourth-order valence-corrected chi connectivity index (χ4v) is 1.54. The molecule has 0 aliphatic carbocycles. The van der Waals surface area contributed by atoms with Crippen LogP contribution >= 0.6 is 0 Å². The number of ether oxygens (including phenoxy) is 1. The second kappa shape index (κ2) is 6.68. The van der Waals surface area contributed by atoms with E-state index in [4.69, 9.17) is 9.84 Å². The Balaban J connectivity index is 2.53. The Hall–Kier alpha value is -1.84. The summed E-state index contributed by atoms with van der Waals surface area (Å²) in [7, 11) is 0. The quantitative estimate of drug-likeness (QED) is 0.766. The summed E-state index contributed by atoms with van der Waals surface area (Å²) in [5.74, 6) is -1.86. The van der Waals surface area contributed by atoms with Crippen LogP contribution in [0.3, 0.4) is 0 Å². The van der Waals surface area contributed by atoms with Crippen LogP contribution in [0, 0.1) is 5.92 Å². The van der Waals surface area contributed by atoms with E-state index in [9.17, 15) is 9.59 Å². The number of esters is 1. The van der Waals surface area contributed by atoms with Crippen molar-refractivity contribution in [1.29, 1.82) is 0 Å². The van der Waals surface area contributed by atoms with Crippen LogP contribution in [0.5, 0.6) is 0 Å². The third-order valence-electron chi connectivity index (χ3n) is 2.49. The van der Waals surface area contributed by atoms with Gasteiger partial charge >= 0.3 is 11.9 Å². The minimum absolute atomic E-state index is 0.281. The minimum Gasteiger partial charge on any atom is -0.479 e. The summed E-state index contributed by atoms with van der Waals surface area (Å²) < 4.78 is 4.69. The normalized spacial score (nSPS) is 11.8. The van der Waals surface area contributed by atoms with Gasteiger partial charge in [0.1, 0.15) is 0 Å². The maximum absolute atomic E-state index is 11.6. The summed E-state index contributed by atoms with van der Waals surface area (Å²) in [5.41, 5.74) is 1.05. The SMILES string of the molecule is CCC(Cc1ccccc1)C(=O)OCC(=O)O. The molecule has 1 aromatic rings. The Morgan fingerprint density at radius 3 is 2.47 bits per heavy atom. The largest absolute Gasteiger partial charge is 0.479 e. The molecular weight excluding hydrogens is 220 g/mol. The van der Waals surface area contributed by atoms with Gasteiger partial charge in [-0.05, 0) is 18.4 Å². The van der Waals surface area contributed by atoms with Gasteiger partial charge in [-0.25, -0.2) is 4.79 Å². The molecule has 0 radical (unpaired) electrons. The van der Waals surface area contributed by atoms with Crippen molar-refractivity contribution in [1.82, 2.24) is 0 Å². The molecule has 0 amide bonds. The highest BCUT2D eigenvalue weighted by Crippen LogP contribution is 2.13. The van der Waals surface area contributed by atoms with Crippen molar-refractivity contribution < 1.29 is 19.4 Å². The van der Waals surface area contributed by atoms with E-state index >= 15 is 0 Å². The lowest BCUT2D eigenvalue weighted by molar-refractivity contribution is -0.158. The van der Waals surface area contributed by atoms with E-state index < -0.39 is 18.5 Å². The molecule has 1 unspecified atom stereocenters. The molecule has 0 saturated heterocycles. The zero-order valence-electron chi connectivity index (χ0n) is 9.76. The molecule has 1 aromatic carbocycles. The topological polar surface area (TPSA) is 63.6 Å². The molecule has 0 aromatic heterocycles. The van der Waals surface area contributed by atoms with Gasteiger partial charge in [-0.15, -0.1) is 0 Å². The molecule has 4 heteroatoms. The summed E-state index contributed by atoms with van der Waals surface area (Å²) in [5, 5.41) is 8.43. The smallest absolute Gasteiger partial charge is 0.341 e. The van der Waals surface area contributed by atoms with Gasteiger partial charge in [-0.1, -0.05) is 37.3 Å². The molecule has 0 fully saturated rings. The van der Waals surface area contributed by atoms with Crippen LogP contribution < -0.4 is 0 Å². The highest BCUT2D eigenvalue weighted by molar-refractivity contribution is 5.77. The first-order chi connectivity index (χ1) is 8.13. The van der Waals surface area contributed by atoms with Gasteiger partial charge in [0.25, 0.3) is 0 Å². The van der Waals surface area contributed by atoms with Crippen molar-refractivity contribution in [2.75, 3.05) is 6.61 Å². The zero-order chi connectivity index (χ0) is 12.7. The highest BCUT2D eigenvalue weighted by atomic mass is 16.5. The third-order valence-corrected chi connectivity index (χ3v) is 2.49. The molecule has 0 saturated carbocycles. The van der Waals surface area contributed by atoms with Gasteiger partial charge < -0.3 is 9.84 Å². The Morgan fingerprint density at radius 2 is 1.94 bits per heavy atom. The van der Waals surface area contributed by atoms with Crippen molar-refractivity contribution >= 4 is 11.9 Å². The number of carboxylic acid groups (broad SMARTS) is 1. The fraction of sp³-hybridized carbons (Fsp3) is 0.385. The van der Waals surface area contributed by atoms with Gasteiger partial charge in [0.2, 0.25) is 0 Å². The molecule has 0 spiro atoms. The van der Waals surface area contributed by atoms with Gasteiger partial charge in [0, 0.05) is 0 Å². The van der Waals surface area contributed by atoms with E-state index in [2.05, 4.69) is 0 Å². The number of carbonyl (C=O) groups is 2. The lowest BCUT2D eigenvalue weighted by Gasteiger charge is -2.13. The van der Waals surface area contributed by atoms with Crippen LogP contribution in [0.1, 0.15) is 18.9 Å². The van der Waals surface area contributed by atoms with Crippen LogP contribution in [-0.2, 0) is 20.7 Å². The number of carbonyl (C=O) groups excluding carboxylic acids is 1. The van der Waals surface area contributed by atoms with E-state index in [-0.39, 0.29) is 5.92 Å². The molecular formula is C13H16O4. The number of hydrogen-bond donors (Lipinski definition) is 1. The number of carboxylic acids is 1. The molecule has 92 valence electrons. The Kier molecular flexibility index (Phi) is 5.20. The Labute approximate surface area is 100 Å². The van der Waals surface area contributed by atoms with Crippen molar-refractivity contribution in [2.45, 2.75) is 19.8 Å². The first-order valence-electron chi connectivity index (χ1n) is 5.55. The zero-order valence-corrected chi connectivity index (χ0v) is 9.76. The molecule has 0 heterocycles. The van der Waals surface area contributed by atoms with Crippen LogP contribution in [0.4, 0.5) is 0 Å². The predicted molar refractivity (Wildman–Crippen MR) is 62.5 cm³/mol. The second-order valence-electron chi connectivity index (χ2n) is 3.80. The summed E-state index contributed by atoms with van der Waals surface area (Å²) in [4.78, 5) is 21.9. The standard InChI is InChI=1S/C13H16O4/c1-2-11(13(16)17-9-12(14)15)8-10-6-4-3-5-7-10/h3-7,11H,2,8-9H2,1H3,(H,14,15). The van der Waals surface area contributed by atoms with E-state index in [0.717, 1.165) is 5.56 Å². The van der Waals surface area contributed by atoms with Gasteiger partial charge in [-0.3, -0.25) is 4.79 Å². The van der Waals surface area contributed by atoms with Crippen molar-refractivity contribution in [3.8, 4) is 0 Å². The van der Waals surface area contributed by atoms with Crippen molar-refractivity contribution in [3.63, 3.8) is 0 Å². The molecule has 4 nitrogen and oxygen atoms in total. The number of benzene rings is 1. The highest BCUT2D eigenvalue weighted by Gasteiger charge is 2.19. The van der Waals surface area contributed by atoms with Gasteiger partial charge in [-0.2, -0.15) is 0 Å². The third kappa shape index (κ3) is 4.68. The van der Waals surface area contributed by atoms with Crippen LogP contribution in [0.25, 0.3) is 0 Å². The summed E-state index contributed by atoms with van der Waals surface area (Å²) in [6.07, 6.45) is 1.21. The summed E-state index contributed by atoms with van der Waals surface area (Å²) in [6, 6.07) is 9.60. The van der Waals surface area contributed by atoms with Crippen LogP contribution in [-0.4, -0.2) is 23.7 Å². The summed E-state index contributed by atoms with van der Waals surface area (Å²) >= 11 is 0. The molecule has 17 heavy (non-hydrogen) atoms. The maximum atomic E-state index is 11.6. The average Bonchev–Trinajstić information content (AvgIpc) is 2.34. The Morgan fingerprint density at radius 1 is 1.29 bits per heavy atom. The minimum atomic E-state index is -1.13. The maximum Gasteiger partial charge on any atom is 0.341 e. The van der Waals surface area contributed by atoms with Gasteiger partial charge in [0.15, 0.2) is 6.61 Å². The number of aliphatic carboxylic acids is 1. The van der Waals surface area contributed by atoms with E-state index in [1.807, 2.05) is 37.3 Å². The second-order valence-corrected chi connectivity index (χ2v) is 3.80. The monoisotopic (exact) mass is 236 g/mol. The van der Waals surface area contributed by atoms with Gasteiger partial charge in [0.05, 0.1) is 5.92 Å². The number of hydrogen-bond acceptors (Lipinski definition) is 3. The molecule has 1 atom stereocenters. The first kappa shape index (κ1) is 13.2. The summed E-state index contributed by atoms with van der Waals surface area (Å²) in [6.45, 7) is 1.32.